The quantitative estimate of drug-likeness (QED) is 0.840. The van der Waals surface area contributed by atoms with Gasteiger partial charge in [-0.15, -0.1) is 0 Å². The summed E-state index contributed by atoms with van der Waals surface area (Å²) in [5, 5.41) is 0. The number of likely N-dealkylation sites (N-methyl/N-ethyl adjacent to an activating group) is 1. The van der Waals surface area contributed by atoms with E-state index < -0.39 is 0 Å². The second-order valence-corrected chi connectivity index (χ2v) is 7.14. The van der Waals surface area contributed by atoms with E-state index in [1.807, 2.05) is 29.2 Å². The Morgan fingerprint density at radius 3 is 2.23 bits per heavy atom. The number of nitrogens with zero attached hydrogens (tertiary/aromatic N) is 3. The van der Waals surface area contributed by atoms with Crippen molar-refractivity contribution in [3.05, 3.63) is 59.7 Å². The first-order chi connectivity index (χ1) is 12.5. The Hall–Kier alpha value is -2.37. The third-order valence-electron chi connectivity index (χ3n) is 4.92. The summed E-state index contributed by atoms with van der Waals surface area (Å²) in [4.78, 5) is 19.5. The topological polar surface area (TPSA) is 52.8 Å². The lowest BCUT2D eigenvalue weighted by Crippen LogP contribution is -2.48. The van der Waals surface area contributed by atoms with Crippen LogP contribution in [-0.2, 0) is 11.3 Å². The van der Waals surface area contributed by atoms with Crippen molar-refractivity contribution in [2.75, 3.05) is 50.4 Å². The van der Waals surface area contributed by atoms with Crippen molar-refractivity contribution in [3.8, 4) is 0 Å². The highest BCUT2D eigenvalue weighted by Gasteiger charge is 2.21. The average Bonchev–Trinajstić information content (AvgIpc) is 2.64. The Balaban J connectivity index is 1.76. The third-order valence-corrected chi connectivity index (χ3v) is 4.92. The lowest BCUT2D eigenvalue weighted by molar-refractivity contribution is -0.120. The van der Waals surface area contributed by atoms with Crippen LogP contribution in [0.5, 0.6) is 0 Å². The van der Waals surface area contributed by atoms with E-state index in [0.717, 1.165) is 37.4 Å². The zero-order valence-corrected chi connectivity index (χ0v) is 15.7. The Kier molecular flexibility index (Phi) is 5.91. The van der Waals surface area contributed by atoms with Gasteiger partial charge in [0, 0.05) is 37.6 Å². The molecular formula is C21H28N4O. The van der Waals surface area contributed by atoms with Crippen LogP contribution < -0.4 is 10.6 Å². The Labute approximate surface area is 156 Å². The molecule has 1 amide bonds. The van der Waals surface area contributed by atoms with Crippen molar-refractivity contribution in [1.29, 1.82) is 0 Å². The smallest absolute Gasteiger partial charge is 0.241 e. The fraction of sp³-hybridized carbons (Fsp3) is 0.381. The van der Waals surface area contributed by atoms with Gasteiger partial charge in [-0.25, -0.2) is 0 Å². The first-order valence-corrected chi connectivity index (χ1v) is 9.13. The minimum atomic E-state index is 0.125. The van der Waals surface area contributed by atoms with Crippen molar-refractivity contribution in [2.45, 2.75) is 13.5 Å². The lowest BCUT2D eigenvalue weighted by Gasteiger charge is -2.33. The SMILES string of the molecule is Cc1ccc(CN(C(=O)CN2CCN(C)CC2)c2ccc(N)cc2)cc1. The number of piperazine rings is 1. The number of carbonyl (C=O) groups is 1. The predicted octanol–water partition coefficient (Wildman–Crippen LogP) is 2.36. The number of benzene rings is 2. The fourth-order valence-electron chi connectivity index (χ4n) is 3.14. The van der Waals surface area contributed by atoms with Gasteiger partial charge in [0.05, 0.1) is 13.1 Å². The molecule has 5 nitrogen and oxygen atoms in total. The molecule has 138 valence electrons. The average molecular weight is 352 g/mol. The summed E-state index contributed by atoms with van der Waals surface area (Å²) in [7, 11) is 2.12. The van der Waals surface area contributed by atoms with Crippen molar-refractivity contribution >= 4 is 17.3 Å². The molecule has 0 spiro atoms. The Morgan fingerprint density at radius 1 is 1.00 bits per heavy atom. The van der Waals surface area contributed by atoms with E-state index >= 15 is 0 Å². The molecule has 0 aliphatic carbocycles. The van der Waals surface area contributed by atoms with Crippen LogP contribution in [0.25, 0.3) is 0 Å². The predicted molar refractivity (Wildman–Crippen MR) is 107 cm³/mol. The van der Waals surface area contributed by atoms with Gasteiger partial charge in [-0.05, 0) is 43.8 Å². The van der Waals surface area contributed by atoms with E-state index in [1.165, 1.54) is 5.56 Å². The summed E-state index contributed by atoms with van der Waals surface area (Å²) in [6, 6.07) is 15.9. The molecule has 1 aliphatic heterocycles. The van der Waals surface area contributed by atoms with Crippen LogP contribution in [-0.4, -0.2) is 55.5 Å². The lowest BCUT2D eigenvalue weighted by atomic mass is 10.1. The zero-order chi connectivity index (χ0) is 18.5. The van der Waals surface area contributed by atoms with Crippen molar-refractivity contribution in [3.63, 3.8) is 0 Å². The molecule has 0 atom stereocenters. The zero-order valence-electron chi connectivity index (χ0n) is 15.7. The number of rotatable bonds is 5. The maximum absolute atomic E-state index is 13.1. The van der Waals surface area contributed by atoms with E-state index in [0.29, 0.717) is 18.8 Å². The number of aryl methyl sites for hydroxylation is 1. The molecule has 0 bridgehead atoms. The summed E-state index contributed by atoms with van der Waals surface area (Å²) >= 11 is 0. The maximum atomic E-state index is 13.1. The summed E-state index contributed by atoms with van der Waals surface area (Å²) in [6.45, 7) is 6.96. The standard InChI is InChI=1S/C21H28N4O/c1-17-3-5-18(6-4-17)15-25(20-9-7-19(22)8-10-20)21(26)16-24-13-11-23(2)12-14-24/h3-10H,11-16,22H2,1-2H3. The highest BCUT2D eigenvalue weighted by molar-refractivity contribution is 5.94. The van der Waals surface area contributed by atoms with E-state index in [-0.39, 0.29) is 5.91 Å². The second kappa shape index (κ2) is 8.34. The van der Waals surface area contributed by atoms with Crippen LogP contribution >= 0.6 is 0 Å². The second-order valence-electron chi connectivity index (χ2n) is 7.14. The molecule has 1 heterocycles. The van der Waals surface area contributed by atoms with Crippen LogP contribution in [0.15, 0.2) is 48.5 Å². The summed E-state index contributed by atoms with van der Waals surface area (Å²) in [5.41, 5.74) is 9.75. The van der Waals surface area contributed by atoms with Crippen LogP contribution in [0, 0.1) is 6.92 Å². The highest BCUT2D eigenvalue weighted by atomic mass is 16.2. The van der Waals surface area contributed by atoms with Gasteiger partial charge in [0.15, 0.2) is 0 Å². The Morgan fingerprint density at radius 2 is 1.62 bits per heavy atom. The van der Waals surface area contributed by atoms with Crippen molar-refractivity contribution < 1.29 is 4.79 Å². The van der Waals surface area contributed by atoms with E-state index in [2.05, 4.69) is 48.0 Å². The van der Waals surface area contributed by atoms with Crippen LogP contribution in [0.4, 0.5) is 11.4 Å². The van der Waals surface area contributed by atoms with E-state index in [9.17, 15) is 4.79 Å². The molecule has 0 unspecified atom stereocenters. The number of hydrogen-bond acceptors (Lipinski definition) is 4. The molecule has 1 fully saturated rings. The van der Waals surface area contributed by atoms with Gasteiger partial charge in [-0.3, -0.25) is 9.69 Å². The molecule has 1 saturated heterocycles. The molecule has 2 aromatic carbocycles. The van der Waals surface area contributed by atoms with Gasteiger partial charge < -0.3 is 15.5 Å². The highest BCUT2D eigenvalue weighted by Crippen LogP contribution is 2.20. The number of carbonyl (C=O) groups excluding carboxylic acids is 1. The number of hydrogen-bond donors (Lipinski definition) is 1. The molecular weight excluding hydrogens is 324 g/mol. The molecule has 5 heteroatoms. The first kappa shape index (κ1) is 18.4. The van der Waals surface area contributed by atoms with E-state index in [4.69, 9.17) is 5.73 Å². The van der Waals surface area contributed by atoms with Gasteiger partial charge in [0.1, 0.15) is 0 Å². The number of nitrogens with two attached hydrogens (primary N) is 1. The van der Waals surface area contributed by atoms with Gasteiger partial charge in [-0.1, -0.05) is 29.8 Å². The van der Waals surface area contributed by atoms with Gasteiger partial charge in [0.25, 0.3) is 0 Å². The third kappa shape index (κ3) is 4.84. The molecule has 0 aromatic heterocycles. The molecule has 2 N–H and O–H groups in total. The summed E-state index contributed by atoms with van der Waals surface area (Å²) in [5.74, 6) is 0.125. The Bertz CT molecular complexity index is 719. The minimum absolute atomic E-state index is 0.125. The van der Waals surface area contributed by atoms with Crippen molar-refractivity contribution in [2.24, 2.45) is 0 Å². The molecule has 1 aliphatic rings. The van der Waals surface area contributed by atoms with Gasteiger partial charge >= 0.3 is 0 Å². The molecule has 3 rings (SSSR count). The molecule has 26 heavy (non-hydrogen) atoms. The summed E-state index contributed by atoms with van der Waals surface area (Å²) < 4.78 is 0. The van der Waals surface area contributed by atoms with Crippen LogP contribution in [0.3, 0.4) is 0 Å². The fourth-order valence-corrected chi connectivity index (χ4v) is 3.14. The number of amides is 1. The summed E-state index contributed by atoms with van der Waals surface area (Å²) in [6.07, 6.45) is 0. The number of anilines is 2. The van der Waals surface area contributed by atoms with Crippen LogP contribution in [0.2, 0.25) is 0 Å². The van der Waals surface area contributed by atoms with Crippen LogP contribution in [0.1, 0.15) is 11.1 Å². The van der Waals surface area contributed by atoms with Crippen molar-refractivity contribution in [1.82, 2.24) is 9.80 Å². The van der Waals surface area contributed by atoms with Gasteiger partial charge in [-0.2, -0.15) is 0 Å². The minimum Gasteiger partial charge on any atom is -0.399 e. The number of nitrogen functional groups attached to an aromatic ring is 1. The maximum Gasteiger partial charge on any atom is 0.241 e. The molecule has 2 aromatic rings. The first-order valence-electron chi connectivity index (χ1n) is 9.13. The largest absolute Gasteiger partial charge is 0.399 e. The normalized spacial score (nSPS) is 15.8. The van der Waals surface area contributed by atoms with E-state index in [1.54, 1.807) is 0 Å². The van der Waals surface area contributed by atoms with Gasteiger partial charge in [0.2, 0.25) is 5.91 Å². The molecule has 0 radical (unpaired) electrons. The monoisotopic (exact) mass is 352 g/mol. The molecule has 0 saturated carbocycles.